The van der Waals surface area contributed by atoms with Gasteiger partial charge in [0.2, 0.25) is 17.7 Å². The summed E-state index contributed by atoms with van der Waals surface area (Å²) in [5, 5.41) is 8.51. The van der Waals surface area contributed by atoms with Crippen molar-refractivity contribution in [1.82, 2.24) is 20.9 Å². The third kappa shape index (κ3) is 8.98. The number of carbonyl (C=O) groups is 4. The Bertz CT molecular complexity index is 1080. The normalized spacial score (nSPS) is 23.2. The van der Waals surface area contributed by atoms with Crippen LogP contribution in [0.3, 0.4) is 0 Å². The Morgan fingerprint density at radius 1 is 1.02 bits per heavy atom. The van der Waals surface area contributed by atoms with Crippen molar-refractivity contribution < 1.29 is 37.7 Å². The predicted octanol–water partition coefficient (Wildman–Crippen LogP) is 1.72. The molecule has 232 valence electrons. The van der Waals surface area contributed by atoms with Gasteiger partial charge in [0, 0.05) is 23.8 Å². The Kier molecular flexibility index (Phi) is 10.7. The molecule has 0 spiro atoms. The monoisotopic (exact) mass is 578 g/mol. The lowest BCUT2D eigenvalue weighted by Crippen LogP contribution is -2.57. The van der Waals surface area contributed by atoms with E-state index in [2.05, 4.69) is 16.0 Å². The van der Waals surface area contributed by atoms with Gasteiger partial charge < -0.3 is 30.2 Å². The standard InChI is InChI=1S/C30H44N4O7.3H2/c1-20(31-26(35)18-34-12-14-40-15-13-34)28(37)33-25(17-22-8-10-23(39-3)11-9-22)29(38)32-24(16-21-6-4-5-7-21)27(36)30(2)19-41-30;;;/h8-11,20-21,24-25H,4-7,12-19H2,1-3H3,(H,31,35)(H,32,38)(H,33,37);3*1H/t20-,24-,25-,30+;;;/m0.../s1. The molecule has 1 aromatic rings. The van der Waals surface area contributed by atoms with E-state index in [-0.39, 0.29) is 28.9 Å². The van der Waals surface area contributed by atoms with Crippen molar-refractivity contribution >= 4 is 23.5 Å². The van der Waals surface area contributed by atoms with Gasteiger partial charge in [0.15, 0.2) is 5.78 Å². The van der Waals surface area contributed by atoms with Crippen molar-refractivity contribution in [1.29, 1.82) is 0 Å². The minimum Gasteiger partial charge on any atom is -0.497 e. The molecule has 41 heavy (non-hydrogen) atoms. The van der Waals surface area contributed by atoms with Gasteiger partial charge in [-0.15, -0.1) is 0 Å². The quantitative estimate of drug-likeness (QED) is 0.284. The van der Waals surface area contributed by atoms with Crippen molar-refractivity contribution in [2.45, 2.75) is 76.1 Å². The molecule has 2 heterocycles. The number of nitrogens with zero attached hydrogens (tertiary/aromatic N) is 1. The van der Waals surface area contributed by atoms with Crippen LogP contribution in [0.4, 0.5) is 0 Å². The highest BCUT2D eigenvalue weighted by molar-refractivity contribution is 5.98. The van der Waals surface area contributed by atoms with Crippen molar-refractivity contribution in [2.24, 2.45) is 5.92 Å². The molecule has 1 aliphatic carbocycles. The van der Waals surface area contributed by atoms with E-state index < -0.39 is 35.5 Å². The van der Waals surface area contributed by atoms with Crippen molar-refractivity contribution in [3.63, 3.8) is 0 Å². The predicted molar refractivity (Wildman–Crippen MR) is 158 cm³/mol. The van der Waals surface area contributed by atoms with E-state index in [1.165, 1.54) is 0 Å². The van der Waals surface area contributed by atoms with Crippen LogP contribution in [0.25, 0.3) is 0 Å². The fourth-order valence-electron chi connectivity index (χ4n) is 5.52. The number of hydrogen-bond donors (Lipinski definition) is 3. The van der Waals surface area contributed by atoms with Gasteiger partial charge in [-0.3, -0.25) is 24.1 Å². The summed E-state index contributed by atoms with van der Waals surface area (Å²) in [6.07, 6.45) is 5.07. The summed E-state index contributed by atoms with van der Waals surface area (Å²) in [6, 6.07) is 4.74. The number of benzene rings is 1. The molecule has 3 aliphatic rings. The van der Waals surface area contributed by atoms with Gasteiger partial charge in [0.25, 0.3) is 0 Å². The summed E-state index contributed by atoms with van der Waals surface area (Å²) in [5.74, 6) is -0.286. The fourth-order valence-corrected chi connectivity index (χ4v) is 5.52. The number of morpholine rings is 1. The maximum atomic E-state index is 13.7. The van der Waals surface area contributed by atoms with Gasteiger partial charge >= 0.3 is 0 Å². The number of carbonyl (C=O) groups excluding carboxylic acids is 4. The molecule has 0 aromatic heterocycles. The molecule has 2 saturated heterocycles. The van der Waals surface area contributed by atoms with Gasteiger partial charge in [-0.2, -0.15) is 0 Å². The van der Waals surface area contributed by atoms with Crippen LogP contribution in [0.5, 0.6) is 5.75 Å². The molecular formula is C30H50N4O7. The summed E-state index contributed by atoms with van der Waals surface area (Å²) in [6.45, 7) is 6.31. The number of ether oxygens (including phenoxy) is 3. The first-order chi connectivity index (χ1) is 19.7. The van der Waals surface area contributed by atoms with E-state index in [1.807, 2.05) is 17.0 Å². The Morgan fingerprint density at radius 2 is 1.66 bits per heavy atom. The minimum atomic E-state index is -0.957. The summed E-state index contributed by atoms with van der Waals surface area (Å²) in [5.41, 5.74) is -0.0590. The largest absolute Gasteiger partial charge is 0.497 e. The van der Waals surface area contributed by atoms with E-state index >= 15 is 0 Å². The number of hydrogen-bond acceptors (Lipinski definition) is 8. The van der Waals surface area contributed by atoms with Gasteiger partial charge in [-0.25, -0.2) is 0 Å². The van der Waals surface area contributed by atoms with E-state index in [4.69, 9.17) is 14.2 Å². The van der Waals surface area contributed by atoms with Crippen LogP contribution in [0, 0.1) is 5.92 Å². The number of methoxy groups -OCH3 is 1. The molecule has 3 amide bonds. The summed E-state index contributed by atoms with van der Waals surface area (Å²) < 4.78 is 16.0. The molecule has 3 N–H and O–H groups in total. The van der Waals surface area contributed by atoms with Gasteiger partial charge in [-0.1, -0.05) is 37.8 Å². The molecule has 2 aliphatic heterocycles. The van der Waals surface area contributed by atoms with Crippen LogP contribution in [0.15, 0.2) is 24.3 Å². The highest BCUT2D eigenvalue weighted by atomic mass is 16.6. The maximum absolute atomic E-state index is 13.7. The van der Waals surface area contributed by atoms with Gasteiger partial charge in [-0.05, 0) is 43.9 Å². The third-order valence-electron chi connectivity index (χ3n) is 8.25. The van der Waals surface area contributed by atoms with Crippen molar-refractivity contribution in [2.75, 3.05) is 46.6 Å². The van der Waals surface area contributed by atoms with Crippen LogP contribution in [-0.4, -0.2) is 98.7 Å². The summed E-state index contributed by atoms with van der Waals surface area (Å²) in [4.78, 5) is 54.8. The van der Waals surface area contributed by atoms with Crippen LogP contribution in [0.2, 0.25) is 0 Å². The molecular weight excluding hydrogens is 528 g/mol. The number of Topliss-reactive ketones (excluding diaryl/α,β-unsaturated/α-hetero) is 1. The molecule has 0 bridgehead atoms. The average Bonchev–Trinajstić information content (AvgIpc) is 3.51. The highest BCUT2D eigenvalue weighted by Gasteiger charge is 2.50. The first-order valence-corrected chi connectivity index (χ1v) is 14.7. The summed E-state index contributed by atoms with van der Waals surface area (Å²) in [7, 11) is 1.58. The maximum Gasteiger partial charge on any atom is 0.243 e. The number of nitrogens with one attached hydrogen (secondary N) is 3. The molecule has 4 atom stereocenters. The highest BCUT2D eigenvalue weighted by Crippen LogP contribution is 2.33. The minimum absolute atomic E-state index is 0. The lowest BCUT2D eigenvalue weighted by atomic mass is 9.90. The van der Waals surface area contributed by atoms with Crippen LogP contribution >= 0.6 is 0 Å². The number of ketones is 1. The molecule has 11 heteroatoms. The molecule has 1 saturated carbocycles. The Balaban J connectivity index is 0.00000323. The first kappa shape index (κ1) is 30.9. The smallest absolute Gasteiger partial charge is 0.243 e. The first-order valence-electron chi connectivity index (χ1n) is 14.7. The number of amides is 3. The van der Waals surface area contributed by atoms with Crippen molar-refractivity contribution in [3.05, 3.63) is 29.8 Å². The fraction of sp³-hybridized carbons (Fsp3) is 0.667. The second-order valence-corrected chi connectivity index (χ2v) is 11.6. The number of epoxide rings is 1. The Labute approximate surface area is 246 Å². The zero-order valence-corrected chi connectivity index (χ0v) is 24.4. The molecule has 0 unspecified atom stereocenters. The zero-order valence-electron chi connectivity index (χ0n) is 24.4. The molecule has 3 fully saturated rings. The van der Waals surface area contributed by atoms with E-state index in [0.717, 1.165) is 31.2 Å². The second kappa shape index (κ2) is 14.2. The van der Waals surface area contributed by atoms with Crippen molar-refractivity contribution in [3.8, 4) is 5.75 Å². The van der Waals surface area contributed by atoms with Gasteiger partial charge in [0.1, 0.15) is 23.4 Å². The van der Waals surface area contributed by atoms with E-state index in [1.54, 1.807) is 33.1 Å². The molecule has 4 rings (SSSR count). The van der Waals surface area contributed by atoms with Crippen LogP contribution in [0.1, 0.15) is 55.8 Å². The van der Waals surface area contributed by atoms with Crippen LogP contribution < -0.4 is 20.7 Å². The topological polar surface area (TPSA) is 139 Å². The Morgan fingerprint density at radius 3 is 2.27 bits per heavy atom. The average molecular weight is 579 g/mol. The van der Waals surface area contributed by atoms with E-state index in [0.29, 0.717) is 51.0 Å². The Hall–Kier alpha value is -3.02. The second-order valence-electron chi connectivity index (χ2n) is 11.6. The number of rotatable bonds is 14. The van der Waals surface area contributed by atoms with E-state index in [9.17, 15) is 19.2 Å². The third-order valence-corrected chi connectivity index (χ3v) is 8.25. The lowest BCUT2D eigenvalue weighted by molar-refractivity contribution is -0.134. The lowest BCUT2D eigenvalue weighted by Gasteiger charge is -2.27. The summed E-state index contributed by atoms with van der Waals surface area (Å²) >= 11 is 0. The van der Waals surface area contributed by atoms with Gasteiger partial charge in [0.05, 0.1) is 39.5 Å². The van der Waals surface area contributed by atoms with Crippen LogP contribution in [-0.2, 0) is 35.1 Å². The zero-order chi connectivity index (χ0) is 29.4. The molecule has 11 nitrogen and oxygen atoms in total. The molecule has 0 radical (unpaired) electrons. The molecule has 1 aromatic carbocycles. The SMILES string of the molecule is COc1ccc(C[C@H](NC(=O)[C@H](C)NC(=O)CN2CCOCC2)C(=O)N[C@@H](CC2CCCC2)C(=O)[C@@]2(C)CO2)cc1.[HH].[HH].[HH].